The average molecular weight is 388 g/mol. The summed E-state index contributed by atoms with van der Waals surface area (Å²) in [4.78, 5) is 32.8. The minimum atomic E-state index is -0.912. The summed E-state index contributed by atoms with van der Waals surface area (Å²) >= 11 is 0. The average Bonchev–Trinajstić information content (AvgIpc) is 3.19. The summed E-state index contributed by atoms with van der Waals surface area (Å²) < 4.78 is 0. The van der Waals surface area contributed by atoms with E-state index >= 15 is 0 Å². The molecule has 1 amide bonds. The molecule has 1 aliphatic heterocycles. The molecule has 0 saturated carbocycles. The van der Waals surface area contributed by atoms with Crippen LogP contribution in [-0.4, -0.2) is 37.7 Å². The smallest absolute Gasteiger partial charge is 0.303 e. The van der Waals surface area contributed by atoms with Crippen molar-refractivity contribution in [1.82, 2.24) is 15.0 Å². The van der Waals surface area contributed by atoms with Gasteiger partial charge in [0.05, 0.1) is 28.6 Å². The van der Waals surface area contributed by atoms with Gasteiger partial charge in [0, 0.05) is 19.3 Å². The van der Waals surface area contributed by atoms with Crippen molar-refractivity contribution in [3.63, 3.8) is 0 Å². The SMILES string of the molecule is O=C(O)CCCC(=O)N1N=C(c2ccccc2)C[C@@H]1c1cnc2ccccc2n1. The molecule has 29 heavy (non-hydrogen) atoms. The largest absolute Gasteiger partial charge is 0.481 e. The van der Waals surface area contributed by atoms with Gasteiger partial charge in [-0.15, -0.1) is 0 Å². The lowest BCUT2D eigenvalue weighted by Crippen LogP contribution is -2.27. The van der Waals surface area contributed by atoms with Crippen molar-refractivity contribution in [2.45, 2.75) is 31.7 Å². The summed E-state index contributed by atoms with van der Waals surface area (Å²) in [6.07, 6.45) is 2.57. The number of carboxylic acid groups (broad SMARTS) is 1. The lowest BCUT2D eigenvalue weighted by Gasteiger charge is -2.21. The van der Waals surface area contributed by atoms with Gasteiger partial charge < -0.3 is 5.11 Å². The van der Waals surface area contributed by atoms with Gasteiger partial charge in [-0.2, -0.15) is 5.10 Å². The fourth-order valence-corrected chi connectivity index (χ4v) is 3.41. The van der Waals surface area contributed by atoms with Crippen LogP contribution in [0.2, 0.25) is 0 Å². The van der Waals surface area contributed by atoms with Gasteiger partial charge in [0.1, 0.15) is 6.04 Å². The van der Waals surface area contributed by atoms with E-state index in [9.17, 15) is 9.59 Å². The van der Waals surface area contributed by atoms with Gasteiger partial charge >= 0.3 is 5.97 Å². The van der Waals surface area contributed by atoms with Gasteiger partial charge in [-0.25, -0.2) is 9.99 Å². The summed E-state index contributed by atoms with van der Waals surface area (Å²) in [6.45, 7) is 0. The zero-order valence-electron chi connectivity index (χ0n) is 15.7. The molecule has 1 N–H and O–H groups in total. The van der Waals surface area contributed by atoms with Crippen molar-refractivity contribution in [2.24, 2.45) is 5.10 Å². The molecule has 0 radical (unpaired) electrons. The molecule has 0 aliphatic carbocycles. The molecule has 7 nitrogen and oxygen atoms in total. The second kappa shape index (κ2) is 8.18. The van der Waals surface area contributed by atoms with Gasteiger partial charge in [-0.05, 0) is 24.1 Å². The highest BCUT2D eigenvalue weighted by Gasteiger charge is 2.34. The number of hydrogen-bond donors (Lipinski definition) is 1. The van der Waals surface area contributed by atoms with Crippen LogP contribution in [0.4, 0.5) is 0 Å². The minimum absolute atomic E-state index is 0.0463. The lowest BCUT2D eigenvalue weighted by molar-refractivity contribution is -0.137. The Bertz CT molecular complexity index is 1080. The number of rotatable bonds is 6. The standard InChI is InChI=1S/C22H20N4O3/c27-21(11-6-12-22(28)29)26-20(13-18(25-26)15-7-2-1-3-8-15)19-14-23-16-9-4-5-10-17(16)24-19/h1-5,7-10,14,20H,6,11-13H2,(H,28,29)/t20-/m1/s1. The van der Waals surface area contributed by atoms with E-state index in [1.807, 2.05) is 54.6 Å². The maximum Gasteiger partial charge on any atom is 0.303 e. The van der Waals surface area contributed by atoms with E-state index in [-0.39, 0.29) is 31.2 Å². The quantitative estimate of drug-likeness (QED) is 0.696. The second-order valence-corrected chi connectivity index (χ2v) is 6.90. The second-order valence-electron chi connectivity index (χ2n) is 6.90. The molecule has 0 spiro atoms. The van der Waals surface area contributed by atoms with E-state index in [0.29, 0.717) is 12.1 Å². The molecule has 7 heteroatoms. The summed E-state index contributed by atoms with van der Waals surface area (Å²) in [5, 5.41) is 14.9. The van der Waals surface area contributed by atoms with E-state index in [1.54, 1.807) is 6.20 Å². The highest BCUT2D eigenvalue weighted by Crippen LogP contribution is 2.32. The number of benzene rings is 2. The number of nitrogens with zero attached hydrogens (tertiary/aromatic N) is 4. The van der Waals surface area contributed by atoms with E-state index in [2.05, 4.69) is 10.1 Å². The molecule has 0 unspecified atom stereocenters. The van der Waals surface area contributed by atoms with E-state index < -0.39 is 5.97 Å². The highest BCUT2D eigenvalue weighted by atomic mass is 16.4. The number of aliphatic carboxylic acids is 1. The molecule has 1 aromatic heterocycles. The number of fused-ring (bicyclic) bond motifs is 1. The lowest BCUT2D eigenvalue weighted by atomic mass is 10.0. The number of carboxylic acids is 1. The number of para-hydroxylation sites is 2. The first kappa shape index (κ1) is 18.7. The van der Waals surface area contributed by atoms with Crippen LogP contribution in [-0.2, 0) is 9.59 Å². The molecule has 0 bridgehead atoms. The van der Waals surface area contributed by atoms with Crippen LogP contribution in [0, 0.1) is 0 Å². The maximum atomic E-state index is 12.8. The third-order valence-electron chi connectivity index (χ3n) is 4.86. The molecule has 4 rings (SSSR count). The third-order valence-corrected chi connectivity index (χ3v) is 4.86. The van der Waals surface area contributed by atoms with Gasteiger partial charge in [0.25, 0.3) is 0 Å². The predicted octanol–water partition coefficient (Wildman–Crippen LogP) is 3.56. The summed E-state index contributed by atoms with van der Waals surface area (Å²) in [5.41, 5.74) is 3.98. The summed E-state index contributed by atoms with van der Waals surface area (Å²) in [7, 11) is 0. The zero-order valence-corrected chi connectivity index (χ0v) is 15.7. The Morgan fingerprint density at radius 3 is 2.48 bits per heavy atom. The number of carbonyl (C=O) groups is 2. The predicted molar refractivity (Wildman–Crippen MR) is 108 cm³/mol. The number of carbonyl (C=O) groups excluding carboxylic acids is 1. The van der Waals surface area contributed by atoms with Crippen molar-refractivity contribution in [2.75, 3.05) is 0 Å². The Morgan fingerprint density at radius 2 is 1.72 bits per heavy atom. The molecular formula is C22H20N4O3. The van der Waals surface area contributed by atoms with Crippen LogP contribution >= 0.6 is 0 Å². The first-order chi connectivity index (χ1) is 14.1. The molecule has 146 valence electrons. The number of hydrogen-bond acceptors (Lipinski definition) is 5. The number of hydrazone groups is 1. The number of aromatic nitrogens is 2. The van der Waals surface area contributed by atoms with E-state index in [0.717, 1.165) is 22.3 Å². The maximum absolute atomic E-state index is 12.8. The van der Waals surface area contributed by atoms with E-state index in [1.165, 1.54) is 5.01 Å². The zero-order chi connectivity index (χ0) is 20.2. The van der Waals surface area contributed by atoms with Crippen LogP contribution in [0.1, 0.15) is 43.0 Å². The van der Waals surface area contributed by atoms with Crippen LogP contribution in [0.3, 0.4) is 0 Å². The Kier molecular flexibility index (Phi) is 5.29. The fourth-order valence-electron chi connectivity index (χ4n) is 3.41. The van der Waals surface area contributed by atoms with E-state index in [4.69, 9.17) is 10.1 Å². The first-order valence-electron chi connectivity index (χ1n) is 9.50. The minimum Gasteiger partial charge on any atom is -0.481 e. The first-order valence-corrected chi connectivity index (χ1v) is 9.50. The molecule has 3 aromatic rings. The van der Waals surface area contributed by atoms with Crippen LogP contribution < -0.4 is 0 Å². The monoisotopic (exact) mass is 388 g/mol. The fraction of sp³-hybridized carbons (Fsp3) is 0.227. The van der Waals surface area contributed by atoms with Crippen LogP contribution in [0.5, 0.6) is 0 Å². The topological polar surface area (TPSA) is 95.8 Å². The van der Waals surface area contributed by atoms with Gasteiger partial charge in [-0.3, -0.25) is 14.6 Å². The Labute approximate surface area is 167 Å². The highest BCUT2D eigenvalue weighted by molar-refractivity contribution is 6.03. The van der Waals surface area contributed by atoms with Crippen LogP contribution in [0.15, 0.2) is 65.9 Å². The third kappa shape index (κ3) is 4.13. The molecule has 2 heterocycles. The normalized spacial score (nSPS) is 16.1. The van der Waals surface area contributed by atoms with Crippen molar-refractivity contribution >= 4 is 28.6 Å². The Morgan fingerprint density at radius 1 is 1.00 bits per heavy atom. The van der Waals surface area contributed by atoms with Crippen molar-refractivity contribution in [3.05, 3.63) is 72.1 Å². The summed E-state index contributed by atoms with van der Waals surface area (Å²) in [5.74, 6) is -1.12. The number of amides is 1. The molecular weight excluding hydrogens is 368 g/mol. The van der Waals surface area contributed by atoms with Gasteiger partial charge in [0.15, 0.2) is 0 Å². The molecule has 1 aliphatic rings. The molecule has 2 aromatic carbocycles. The van der Waals surface area contributed by atoms with Gasteiger partial charge in [0.2, 0.25) is 5.91 Å². The Hall–Kier alpha value is -3.61. The Balaban J connectivity index is 1.64. The molecule has 1 atom stereocenters. The molecule has 0 fully saturated rings. The van der Waals surface area contributed by atoms with Gasteiger partial charge in [-0.1, -0.05) is 42.5 Å². The van der Waals surface area contributed by atoms with Crippen molar-refractivity contribution in [3.8, 4) is 0 Å². The van der Waals surface area contributed by atoms with Crippen molar-refractivity contribution in [1.29, 1.82) is 0 Å². The molecule has 0 saturated heterocycles. The van der Waals surface area contributed by atoms with Crippen molar-refractivity contribution < 1.29 is 14.7 Å². The summed E-state index contributed by atoms with van der Waals surface area (Å²) in [6, 6.07) is 16.9. The van der Waals surface area contributed by atoms with Crippen LogP contribution in [0.25, 0.3) is 11.0 Å².